The van der Waals surface area contributed by atoms with E-state index in [1.807, 2.05) is 6.07 Å². The number of H-pyrrole nitrogens is 2. The second-order valence-corrected chi connectivity index (χ2v) is 2.41. The van der Waals surface area contributed by atoms with Crippen LogP contribution in [0, 0.1) is 0 Å². The lowest BCUT2D eigenvalue weighted by molar-refractivity contribution is 1.23. The van der Waals surface area contributed by atoms with Gasteiger partial charge in [-0.15, -0.1) is 0 Å². The molecule has 0 aliphatic heterocycles. The third-order valence-electron chi connectivity index (χ3n) is 1.58. The van der Waals surface area contributed by atoms with Gasteiger partial charge in [0, 0.05) is 17.8 Å². The minimum Gasteiger partial charge on any atom is -0.345 e. The van der Waals surface area contributed by atoms with E-state index in [1.54, 1.807) is 18.7 Å². The summed E-state index contributed by atoms with van der Waals surface area (Å²) in [7, 11) is 0. The summed E-state index contributed by atoms with van der Waals surface area (Å²) < 4.78 is 0. The van der Waals surface area contributed by atoms with Crippen molar-refractivity contribution in [3.05, 3.63) is 41.2 Å². The standard InChI is InChI=1S/C8H7N3O/c12-8-3-6(1-2-10-8)7-4-9-5-11-7/h1-5H,(H,9,11)(H,10,12). The number of rotatable bonds is 1. The molecule has 0 aromatic carbocycles. The van der Waals surface area contributed by atoms with E-state index in [0.717, 1.165) is 11.3 Å². The van der Waals surface area contributed by atoms with E-state index in [4.69, 9.17) is 0 Å². The average Bonchev–Trinajstić information content (AvgIpc) is 2.56. The Balaban J connectivity index is 2.55. The lowest BCUT2D eigenvalue weighted by Gasteiger charge is -1.93. The molecule has 0 atom stereocenters. The summed E-state index contributed by atoms with van der Waals surface area (Å²) in [6.45, 7) is 0. The van der Waals surface area contributed by atoms with Crippen LogP contribution in [-0.2, 0) is 0 Å². The first-order valence-corrected chi connectivity index (χ1v) is 3.54. The van der Waals surface area contributed by atoms with E-state index in [9.17, 15) is 4.79 Å². The zero-order valence-electron chi connectivity index (χ0n) is 6.24. The molecule has 2 rings (SSSR count). The fourth-order valence-corrected chi connectivity index (χ4v) is 1.03. The second-order valence-electron chi connectivity index (χ2n) is 2.41. The molecule has 2 aromatic heterocycles. The van der Waals surface area contributed by atoms with E-state index < -0.39 is 0 Å². The van der Waals surface area contributed by atoms with Crippen molar-refractivity contribution in [2.24, 2.45) is 0 Å². The number of pyridine rings is 1. The summed E-state index contributed by atoms with van der Waals surface area (Å²) in [4.78, 5) is 20.2. The lowest BCUT2D eigenvalue weighted by Crippen LogP contribution is -2.01. The minimum atomic E-state index is -0.109. The molecule has 0 aliphatic rings. The predicted molar refractivity (Wildman–Crippen MR) is 44.6 cm³/mol. The molecule has 2 aromatic rings. The number of hydrogen-bond acceptors (Lipinski definition) is 2. The summed E-state index contributed by atoms with van der Waals surface area (Å²) in [5, 5.41) is 0. The van der Waals surface area contributed by atoms with Gasteiger partial charge in [-0.05, 0) is 6.07 Å². The maximum absolute atomic E-state index is 10.9. The molecule has 0 aliphatic carbocycles. The Morgan fingerprint density at radius 2 is 2.25 bits per heavy atom. The zero-order valence-corrected chi connectivity index (χ0v) is 6.24. The van der Waals surface area contributed by atoms with Crippen LogP contribution >= 0.6 is 0 Å². The van der Waals surface area contributed by atoms with Crippen LogP contribution < -0.4 is 5.56 Å². The number of nitrogens with one attached hydrogen (secondary N) is 2. The van der Waals surface area contributed by atoms with Crippen molar-refractivity contribution < 1.29 is 0 Å². The molecule has 0 saturated heterocycles. The maximum Gasteiger partial charge on any atom is 0.248 e. The molecule has 60 valence electrons. The molecule has 2 heterocycles. The monoisotopic (exact) mass is 161 g/mol. The Hall–Kier alpha value is -1.84. The number of nitrogens with zero attached hydrogens (tertiary/aromatic N) is 1. The Morgan fingerprint density at radius 1 is 1.33 bits per heavy atom. The second kappa shape index (κ2) is 2.65. The van der Waals surface area contributed by atoms with Crippen molar-refractivity contribution in [1.29, 1.82) is 0 Å². The van der Waals surface area contributed by atoms with Crippen LogP contribution in [0.25, 0.3) is 11.3 Å². The Labute approximate surface area is 68.3 Å². The first-order valence-electron chi connectivity index (χ1n) is 3.54. The first-order chi connectivity index (χ1) is 5.86. The molecule has 4 heteroatoms. The molecule has 0 amide bonds. The summed E-state index contributed by atoms with van der Waals surface area (Å²) in [6, 6.07) is 3.34. The van der Waals surface area contributed by atoms with Gasteiger partial charge >= 0.3 is 0 Å². The van der Waals surface area contributed by atoms with Crippen molar-refractivity contribution in [3.63, 3.8) is 0 Å². The Morgan fingerprint density at radius 3 is 2.92 bits per heavy atom. The quantitative estimate of drug-likeness (QED) is 0.648. The fraction of sp³-hybridized carbons (Fsp3) is 0. The number of hydrogen-bond donors (Lipinski definition) is 2. The van der Waals surface area contributed by atoms with Gasteiger partial charge in [0.2, 0.25) is 5.56 Å². The van der Waals surface area contributed by atoms with Crippen LogP contribution in [0.2, 0.25) is 0 Å². The van der Waals surface area contributed by atoms with Crippen molar-refractivity contribution in [2.75, 3.05) is 0 Å². The molecule has 0 bridgehead atoms. The smallest absolute Gasteiger partial charge is 0.248 e. The Bertz CT molecular complexity index is 416. The van der Waals surface area contributed by atoms with Gasteiger partial charge in [-0.2, -0.15) is 0 Å². The molecule has 0 radical (unpaired) electrons. The van der Waals surface area contributed by atoms with Gasteiger partial charge in [0.15, 0.2) is 0 Å². The normalized spacial score (nSPS) is 10.0. The maximum atomic E-state index is 10.9. The van der Waals surface area contributed by atoms with Crippen molar-refractivity contribution >= 4 is 0 Å². The van der Waals surface area contributed by atoms with Crippen LogP contribution in [-0.4, -0.2) is 15.0 Å². The van der Waals surface area contributed by atoms with Crippen molar-refractivity contribution in [3.8, 4) is 11.3 Å². The van der Waals surface area contributed by atoms with Crippen LogP contribution in [0.15, 0.2) is 35.6 Å². The summed E-state index contributed by atoms with van der Waals surface area (Å²) in [6.07, 6.45) is 4.86. The van der Waals surface area contributed by atoms with Crippen LogP contribution in [0.3, 0.4) is 0 Å². The highest BCUT2D eigenvalue weighted by atomic mass is 16.1. The van der Waals surface area contributed by atoms with Gasteiger partial charge in [0.25, 0.3) is 0 Å². The first kappa shape index (κ1) is 6.84. The number of aromatic nitrogens is 3. The SMILES string of the molecule is O=c1cc(-c2cnc[nH]2)cc[nH]1. The molecule has 0 fully saturated rings. The van der Waals surface area contributed by atoms with Crippen LogP contribution in [0.5, 0.6) is 0 Å². The van der Waals surface area contributed by atoms with Gasteiger partial charge in [0.05, 0.1) is 18.2 Å². The molecule has 4 nitrogen and oxygen atoms in total. The van der Waals surface area contributed by atoms with Gasteiger partial charge in [0.1, 0.15) is 0 Å². The molecule has 2 N–H and O–H groups in total. The highest BCUT2D eigenvalue weighted by Crippen LogP contribution is 2.11. The molecular weight excluding hydrogens is 154 g/mol. The van der Waals surface area contributed by atoms with Crippen molar-refractivity contribution in [2.45, 2.75) is 0 Å². The topological polar surface area (TPSA) is 61.5 Å². The average molecular weight is 161 g/mol. The summed E-state index contributed by atoms with van der Waals surface area (Å²) in [5.41, 5.74) is 1.58. The highest BCUT2D eigenvalue weighted by Gasteiger charge is 1.97. The molecule has 12 heavy (non-hydrogen) atoms. The van der Waals surface area contributed by atoms with E-state index >= 15 is 0 Å². The largest absolute Gasteiger partial charge is 0.345 e. The van der Waals surface area contributed by atoms with Crippen molar-refractivity contribution in [1.82, 2.24) is 15.0 Å². The predicted octanol–water partition coefficient (Wildman–Crippen LogP) is 0.765. The molecule has 0 spiro atoms. The third kappa shape index (κ3) is 1.14. The molecule has 0 saturated carbocycles. The lowest BCUT2D eigenvalue weighted by atomic mass is 10.2. The Kier molecular flexibility index (Phi) is 1.51. The summed E-state index contributed by atoms with van der Waals surface area (Å²) >= 11 is 0. The van der Waals surface area contributed by atoms with Crippen LogP contribution in [0.1, 0.15) is 0 Å². The number of aromatic amines is 2. The highest BCUT2D eigenvalue weighted by molar-refractivity contribution is 5.56. The van der Waals surface area contributed by atoms with E-state index in [1.165, 1.54) is 6.07 Å². The molecule has 0 unspecified atom stereocenters. The fourth-order valence-electron chi connectivity index (χ4n) is 1.03. The van der Waals surface area contributed by atoms with E-state index in [-0.39, 0.29) is 5.56 Å². The van der Waals surface area contributed by atoms with Gasteiger partial charge in [-0.3, -0.25) is 4.79 Å². The van der Waals surface area contributed by atoms with Crippen LogP contribution in [0.4, 0.5) is 0 Å². The number of imidazole rings is 1. The molecular formula is C8H7N3O. The zero-order chi connectivity index (χ0) is 8.39. The third-order valence-corrected chi connectivity index (χ3v) is 1.58. The van der Waals surface area contributed by atoms with E-state index in [2.05, 4.69) is 15.0 Å². The van der Waals surface area contributed by atoms with Gasteiger partial charge in [-0.1, -0.05) is 0 Å². The summed E-state index contributed by atoms with van der Waals surface area (Å²) in [5.74, 6) is 0. The van der Waals surface area contributed by atoms with E-state index in [0.29, 0.717) is 0 Å². The van der Waals surface area contributed by atoms with Gasteiger partial charge < -0.3 is 9.97 Å². The minimum absolute atomic E-state index is 0.109. The van der Waals surface area contributed by atoms with Gasteiger partial charge in [-0.25, -0.2) is 4.98 Å².